The molecule has 0 atom stereocenters. The summed E-state index contributed by atoms with van der Waals surface area (Å²) < 4.78 is 17.8. The van der Waals surface area contributed by atoms with E-state index in [1.54, 1.807) is 0 Å². The SMILES string of the molecule is c1ccc(-c2nc(-c3ccc4c(c3)oc3ccccc34)nc(-c3cccc4oc5ccc(-c6ccc7c(c6)c6ccc8c9ccccc9n(-c9ccccc9)c8c6n7-c6ccccc6)cc5c34)n2)cc1. The van der Waals surface area contributed by atoms with Crippen LogP contribution in [0.3, 0.4) is 0 Å². The summed E-state index contributed by atoms with van der Waals surface area (Å²) in [4.78, 5) is 15.5. The van der Waals surface area contributed by atoms with E-state index in [-0.39, 0.29) is 0 Å². The maximum absolute atomic E-state index is 6.62. The summed E-state index contributed by atoms with van der Waals surface area (Å²) in [7, 11) is 0. The molecule has 0 N–H and O–H groups in total. The lowest BCUT2D eigenvalue weighted by atomic mass is 9.99. The third-order valence-electron chi connectivity index (χ3n) is 14.0. The topological polar surface area (TPSA) is 74.8 Å². The first-order valence-corrected chi connectivity index (χ1v) is 23.5. The van der Waals surface area contributed by atoms with E-state index < -0.39 is 0 Å². The maximum atomic E-state index is 6.62. The van der Waals surface area contributed by atoms with Gasteiger partial charge in [-0.1, -0.05) is 146 Å². The van der Waals surface area contributed by atoms with E-state index in [9.17, 15) is 0 Å². The average Bonchev–Trinajstić information content (AvgIpc) is 4.18. The second-order valence-electron chi connectivity index (χ2n) is 17.9. The van der Waals surface area contributed by atoms with Gasteiger partial charge in [0.1, 0.15) is 22.3 Å². The number of para-hydroxylation sites is 4. The van der Waals surface area contributed by atoms with Gasteiger partial charge in [-0.05, 0) is 90.0 Å². The first-order chi connectivity index (χ1) is 34.7. The van der Waals surface area contributed by atoms with Crippen LogP contribution in [0.15, 0.2) is 233 Å². The Labute approximate surface area is 399 Å². The van der Waals surface area contributed by atoms with Gasteiger partial charge in [0.05, 0.1) is 22.1 Å². The summed E-state index contributed by atoms with van der Waals surface area (Å²) in [6.45, 7) is 0. The molecule has 0 fully saturated rings. The summed E-state index contributed by atoms with van der Waals surface area (Å²) >= 11 is 0. The third kappa shape index (κ3) is 5.79. The minimum absolute atomic E-state index is 0.557. The Morgan fingerprint density at radius 1 is 0.286 bits per heavy atom. The minimum atomic E-state index is 0.557. The molecule has 326 valence electrons. The molecule has 15 rings (SSSR count). The van der Waals surface area contributed by atoms with E-state index in [0.29, 0.717) is 17.5 Å². The Bertz CT molecular complexity index is 4580. The van der Waals surface area contributed by atoms with Crippen LogP contribution in [0.4, 0.5) is 0 Å². The quantitative estimate of drug-likeness (QED) is 0.166. The van der Waals surface area contributed by atoms with Gasteiger partial charge >= 0.3 is 0 Å². The highest BCUT2D eigenvalue weighted by Gasteiger charge is 2.23. The lowest BCUT2D eigenvalue weighted by Gasteiger charge is -2.12. The molecule has 0 amide bonds. The molecule has 15 aromatic rings. The highest BCUT2D eigenvalue weighted by Crippen LogP contribution is 2.44. The number of hydrogen-bond acceptors (Lipinski definition) is 5. The average molecular weight is 896 g/mol. The standard InChI is InChI=1S/C63H37N5O2/c1-4-15-38(16-5-1)61-64-62(41-27-30-46-45-22-11-13-25-54(45)70-57(46)37-41)66-63(65-61)49-23-14-26-56-58(49)51-36-40(29-34-55(51)69-56)39-28-33-53-50(35-39)48-32-31-47-44-21-10-12-24-52(44)67(42-17-6-2-7-18-42)59(47)60(48)68(53)43-19-8-3-9-20-43/h1-37H. The molecule has 0 radical (unpaired) electrons. The molecular weight excluding hydrogens is 859 g/mol. The van der Waals surface area contributed by atoms with E-state index in [0.717, 1.165) is 88.6 Å². The Kier molecular flexibility index (Phi) is 8.23. The fourth-order valence-corrected chi connectivity index (χ4v) is 10.8. The number of furan rings is 2. The molecule has 0 aliphatic carbocycles. The lowest BCUT2D eigenvalue weighted by molar-refractivity contribution is 0.668. The lowest BCUT2D eigenvalue weighted by Crippen LogP contribution is -2.00. The molecule has 0 bridgehead atoms. The summed E-state index contributed by atoms with van der Waals surface area (Å²) in [5.41, 5.74) is 14.8. The summed E-state index contributed by atoms with van der Waals surface area (Å²) in [5.74, 6) is 1.70. The second-order valence-corrected chi connectivity index (χ2v) is 17.9. The van der Waals surface area contributed by atoms with Gasteiger partial charge in [-0.15, -0.1) is 0 Å². The molecule has 5 heterocycles. The van der Waals surface area contributed by atoms with Gasteiger partial charge in [-0.3, -0.25) is 0 Å². The van der Waals surface area contributed by atoms with Crippen LogP contribution in [0, 0.1) is 0 Å². The third-order valence-corrected chi connectivity index (χ3v) is 14.0. The largest absolute Gasteiger partial charge is 0.456 e. The Balaban J connectivity index is 0.928. The monoisotopic (exact) mass is 895 g/mol. The predicted octanol–water partition coefficient (Wildman–Crippen LogP) is 16.5. The van der Waals surface area contributed by atoms with Gasteiger partial charge in [0.15, 0.2) is 17.5 Å². The maximum Gasteiger partial charge on any atom is 0.164 e. The highest BCUT2D eigenvalue weighted by atomic mass is 16.3. The van der Waals surface area contributed by atoms with Crippen molar-refractivity contribution in [3.63, 3.8) is 0 Å². The molecule has 0 saturated carbocycles. The number of hydrogen-bond donors (Lipinski definition) is 0. The van der Waals surface area contributed by atoms with Crippen LogP contribution >= 0.6 is 0 Å². The van der Waals surface area contributed by atoms with Gasteiger partial charge in [-0.2, -0.15) is 0 Å². The number of fused-ring (bicyclic) bond motifs is 13. The van der Waals surface area contributed by atoms with E-state index >= 15 is 0 Å². The Morgan fingerprint density at radius 3 is 1.56 bits per heavy atom. The van der Waals surface area contributed by atoms with Crippen molar-refractivity contribution >= 4 is 87.5 Å². The van der Waals surface area contributed by atoms with Crippen molar-refractivity contribution in [2.45, 2.75) is 0 Å². The number of nitrogens with zero attached hydrogens (tertiary/aromatic N) is 5. The molecule has 70 heavy (non-hydrogen) atoms. The first kappa shape index (κ1) is 38.5. The smallest absolute Gasteiger partial charge is 0.164 e. The van der Waals surface area contributed by atoms with Crippen molar-refractivity contribution in [3.8, 4) is 56.7 Å². The molecule has 0 saturated heterocycles. The van der Waals surface area contributed by atoms with Crippen molar-refractivity contribution in [2.75, 3.05) is 0 Å². The van der Waals surface area contributed by atoms with Crippen molar-refractivity contribution < 1.29 is 8.83 Å². The van der Waals surface area contributed by atoms with Crippen LogP contribution < -0.4 is 0 Å². The zero-order valence-electron chi connectivity index (χ0n) is 37.4. The van der Waals surface area contributed by atoms with Crippen LogP contribution in [0.5, 0.6) is 0 Å². The van der Waals surface area contributed by atoms with Crippen LogP contribution in [-0.4, -0.2) is 24.1 Å². The van der Waals surface area contributed by atoms with Gasteiger partial charge in [0, 0.05) is 71.2 Å². The molecule has 0 spiro atoms. The zero-order chi connectivity index (χ0) is 45.9. The Hall–Kier alpha value is -9.59. The van der Waals surface area contributed by atoms with Crippen molar-refractivity contribution in [2.24, 2.45) is 0 Å². The molecule has 5 aromatic heterocycles. The number of benzene rings is 10. The summed E-state index contributed by atoms with van der Waals surface area (Å²) in [5, 5.41) is 8.85. The molecule has 10 aromatic carbocycles. The molecule has 0 aliphatic rings. The fraction of sp³-hybridized carbons (Fsp3) is 0. The molecule has 7 heteroatoms. The first-order valence-electron chi connectivity index (χ1n) is 23.5. The second kappa shape index (κ2) is 15.0. The number of aromatic nitrogens is 5. The minimum Gasteiger partial charge on any atom is -0.456 e. The van der Waals surface area contributed by atoms with Crippen LogP contribution in [0.25, 0.3) is 144 Å². The normalized spacial score (nSPS) is 12.0. The van der Waals surface area contributed by atoms with Crippen LogP contribution in [-0.2, 0) is 0 Å². The van der Waals surface area contributed by atoms with Gasteiger partial charge in [0.25, 0.3) is 0 Å². The summed E-state index contributed by atoms with van der Waals surface area (Å²) in [6, 6.07) is 78.7. The molecule has 7 nitrogen and oxygen atoms in total. The molecule has 0 unspecified atom stereocenters. The zero-order valence-corrected chi connectivity index (χ0v) is 37.4. The summed E-state index contributed by atoms with van der Waals surface area (Å²) in [6.07, 6.45) is 0. The predicted molar refractivity (Wildman–Crippen MR) is 285 cm³/mol. The molecular formula is C63H37N5O2. The van der Waals surface area contributed by atoms with E-state index in [1.807, 2.05) is 66.7 Å². The van der Waals surface area contributed by atoms with Crippen molar-refractivity contribution in [1.29, 1.82) is 0 Å². The van der Waals surface area contributed by atoms with Crippen LogP contribution in [0.1, 0.15) is 0 Å². The molecule has 0 aliphatic heterocycles. The van der Waals surface area contributed by atoms with Gasteiger partial charge in [0.2, 0.25) is 0 Å². The van der Waals surface area contributed by atoms with E-state index in [1.165, 1.54) is 38.1 Å². The van der Waals surface area contributed by atoms with Gasteiger partial charge < -0.3 is 18.0 Å². The van der Waals surface area contributed by atoms with Crippen molar-refractivity contribution in [1.82, 2.24) is 24.1 Å². The Morgan fingerprint density at radius 2 is 0.800 bits per heavy atom. The highest BCUT2D eigenvalue weighted by molar-refractivity contribution is 6.24. The number of rotatable bonds is 6. The van der Waals surface area contributed by atoms with Gasteiger partial charge in [-0.25, -0.2) is 15.0 Å². The fourth-order valence-electron chi connectivity index (χ4n) is 10.8. The van der Waals surface area contributed by atoms with E-state index in [2.05, 4.69) is 167 Å². The van der Waals surface area contributed by atoms with Crippen LogP contribution in [0.2, 0.25) is 0 Å². The van der Waals surface area contributed by atoms with Crippen molar-refractivity contribution in [3.05, 3.63) is 224 Å². The van der Waals surface area contributed by atoms with E-state index in [4.69, 9.17) is 23.8 Å².